The number of carbonyl (C=O) groups is 3. The summed E-state index contributed by atoms with van der Waals surface area (Å²) in [5, 5.41) is 21.8. The fourth-order valence-corrected chi connectivity index (χ4v) is 1.45. The number of amides is 2. The molecule has 108 valence electrons. The van der Waals surface area contributed by atoms with Gasteiger partial charge in [-0.15, -0.1) is 0 Å². The summed E-state index contributed by atoms with van der Waals surface area (Å²) in [6.07, 6.45) is 0.887. The molecule has 0 bridgehead atoms. The number of urea groups is 1. The van der Waals surface area contributed by atoms with E-state index in [2.05, 4.69) is 15.6 Å². The van der Waals surface area contributed by atoms with Gasteiger partial charge in [-0.1, -0.05) is 6.07 Å². The molecule has 1 heterocycles. The summed E-state index contributed by atoms with van der Waals surface area (Å²) in [5.74, 6) is -2.71. The molecule has 0 saturated heterocycles. The highest BCUT2D eigenvalue weighted by atomic mass is 16.4. The van der Waals surface area contributed by atoms with Crippen molar-refractivity contribution in [3.05, 3.63) is 29.6 Å². The molecule has 0 aromatic carbocycles. The molecule has 1 aromatic heterocycles. The van der Waals surface area contributed by atoms with Crippen molar-refractivity contribution < 1.29 is 24.6 Å². The number of aryl methyl sites for hydroxylation is 1. The first-order chi connectivity index (χ1) is 9.40. The number of pyridine rings is 1. The molecule has 0 spiro atoms. The largest absolute Gasteiger partial charge is 0.481 e. The average Bonchev–Trinajstić information content (AvgIpc) is 2.36. The van der Waals surface area contributed by atoms with E-state index in [4.69, 9.17) is 10.2 Å². The molecular formula is C12H15N3O5. The van der Waals surface area contributed by atoms with Gasteiger partial charge in [-0.3, -0.25) is 9.78 Å². The molecule has 20 heavy (non-hydrogen) atoms. The Hall–Kier alpha value is -2.64. The lowest BCUT2D eigenvalue weighted by Gasteiger charge is -2.13. The predicted molar refractivity (Wildman–Crippen MR) is 68.0 cm³/mol. The Balaban J connectivity index is 2.52. The Bertz CT molecular complexity index is 518. The lowest BCUT2D eigenvalue weighted by atomic mass is 10.2. The lowest BCUT2D eigenvalue weighted by molar-refractivity contribution is -0.145. The highest BCUT2D eigenvalue weighted by Gasteiger charge is 2.22. The minimum Gasteiger partial charge on any atom is -0.481 e. The maximum Gasteiger partial charge on any atom is 0.326 e. The number of carboxylic acids is 2. The molecule has 0 saturated carbocycles. The first kappa shape index (κ1) is 15.4. The van der Waals surface area contributed by atoms with Crippen LogP contribution in [-0.4, -0.2) is 39.2 Å². The smallest absolute Gasteiger partial charge is 0.326 e. The van der Waals surface area contributed by atoms with E-state index >= 15 is 0 Å². The molecule has 0 aliphatic carbocycles. The summed E-state index contributed by atoms with van der Waals surface area (Å²) in [6.45, 7) is 1.95. The zero-order valence-electron chi connectivity index (χ0n) is 10.8. The average molecular weight is 281 g/mol. The summed E-state index contributed by atoms with van der Waals surface area (Å²) in [6, 6.07) is 1.35. The van der Waals surface area contributed by atoms with Gasteiger partial charge in [-0.2, -0.15) is 0 Å². The molecule has 1 rings (SSSR count). The van der Waals surface area contributed by atoms with Gasteiger partial charge in [0.15, 0.2) is 0 Å². The molecule has 0 radical (unpaired) electrons. The Labute approximate surface area is 114 Å². The quantitative estimate of drug-likeness (QED) is 0.586. The summed E-state index contributed by atoms with van der Waals surface area (Å²) in [4.78, 5) is 36.8. The van der Waals surface area contributed by atoms with Gasteiger partial charge >= 0.3 is 18.0 Å². The van der Waals surface area contributed by atoms with E-state index in [0.717, 1.165) is 5.56 Å². The van der Waals surface area contributed by atoms with Gasteiger partial charge in [0.2, 0.25) is 0 Å². The van der Waals surface area contributed by atoms with Crippen molar-refractivity contribution in [2.24, 2.45) is 0 Å². The van der Waals surface area contributed by atoms with Crippen molar-refractivity contribution in [2.45, 2.75) is 25.9 Å². The second-order valence-corrected chi connectivity index (χ2v) is 4.08. The van der Waals surface area contributed by atoms with E-state index in [0.29, 0.717) is 5.69 Å². The van der Waals surface area contributed by atoms with E-state index < -0.39 is 30.4 Å². The van der Waals surface area contributed by atoms with Crippen LogP contribution in [0.5, 0.6) is 0 Å². The fourth-order valence-electron chi connectivity index (χ4n) is 1.45. The maximum absolute atomic E-state index is 11.5. The topological polar surface area (TPSA) is 129 Å². The Kier molecular flexibility index (Phi) is 5.45. The lowest BCUT2D eigenvalue weighted by Crippen LogP contribution is -2.46. The number of aromatic nitrogens is 1. The van der Waals surface area contributed by atoms with Crippen molar-refractivity contribution in [1.29, 1.82) is 0 Å². The van der Waals surface area contributed by atoms with Crippen LogP contribution in [0, 0.1) is 6.92 Å². The molecule has 2 amide bonds. The second-order valence-electron chi connectivity index (χ2n) is 4.08. The molecule has 1 aromatic rings. The summed E-state index contributed by atoms with van der Waals surface area (Å²) >= 11 is 0. The van der Waals surface area contributed by atoms with Crippen LogP contribution < -0.4 is 10.6 Å². The molecule has 1 atom stereocenters. The van der Waals surface area contributed by atoms with Crippen LogP contribution in [0.1, 0.15) is 17.7 Å². The summed E-state index contributed by atoms with van der Waals surface area (Å²) in [7, 11) is 0. The van der Waals surface area contributed by atoms with E-state index in [9.17, 15) is 14.4 Å². The Morgan fingerprint density at radius 3 is 2.60 bits per heavy atom. The first-order valence-corrected chi connectivity index (χ1v) is 5.79. The minimum absolute atomic E-state index is 0.123. The van der Waals surface area contributed by atoms with Gasteiger partial charge in [0, 0.05) is 6.20 Å². The van der Waals surface area contributed by atoms with Gasteiger partial charge in [0.25, 0.3) is 0 Å². The van der Waals surface area contributed by atoms with Crippen LogP contribution in [0.4, 0.5) is 4.79 Å². The van der Waals surface area contributed by atoms with Crippen molar-refractivity contribution in [1.82, 2.24) is 15.6 Å². The van der Waals surface area contributed by atoms with E-state index in [-0.39, 0.29) is 6.54 Å². The Morgan fingerprint density at radius 1 is 1.35 bits per heavy atom. The standard InChI is InChI=1S/C12H15N3O5/c1-7-3-2-4-13-9(7)6-14-12(20)15-8(11(18)19)5-10(16)17/h2-4,8H,5-6H2,1H3,(H,16,17)(H,18,19)(H2,14,15,20)/t8-/m1/s1. The number of hydrogen-bond donors (Lipinski definition) is 4. The predicted octanol–water partition coefficient (Wildman–Crippen LogP) is 0.117. The van der Waals surface area contributed by atoms with Crippen molar-refractivity contribution in [2.75, 3.05) is 0 Å². The third-order valence-electron chi connectivity index (χ3n) is 2.52. The van der Waals surface area contributed by atoms with E-state index in [1.807, 2.05) is 13.0 Å². The van der Waals surface area contributed by atoms with Crippen molar-refractivity contribution in [3.63, 3.8) is 0 Å². The molecular weight excluding hydrogens is 266 g/mol. The van der Waals surface area contributed by atoms with Crippen LogP contribution in [0.25, 0.3) is 0 Å². The fraction of sp³-hybridized carbons (Fsp3) is 0.333. The van der Waals surface area contributed by atoms with Gasteiger partial charge in [0.1, 0.15) is 6.04 Å². The summed E-state index contributed by atoms with van der Waals surface area (Å²) < 4.78 is 0. The Morgan fingerprint density at radius 2 is 2.05 bits per heavy atom. The highest BCUT2D eigenvalue weighted by molar-refractivity contribution is 5.86. The number of carbonyl (C=O) groups excluding carboxylic acids is 1. The van der Waals surface area contributed by atoms with Gasteiger partial charge in [0.05, 0.1) is 18.7 Å². The maximum atomic E-state index is 11.5. The number of carboxylic acid groups (broad SMARTS) is 2. The monoisotopic (exact) mass is 281 g/mol. The normalized spacial score (nSPS) is 11.4. The third-order valence-corrected chi connectivity index (χ3v) is 2.52. The highest BCUT2D eigenvalue weighted by Crippen LogP contribution is 2.02. The zero-order valence-corrected chi connectivity index (χ0v) is 10.8. The van der Waals surface area contributed by atoms with Gasteiger partial charge < -0.3 is 20.8 Å². The number of aliphatic carboxylic acids is 2. The van der Waals surface area contributed by atoms with Crippen LogP contribution in [0.15, 0.2) is 18.3 Å². The number of rotatable bonds is 6. The van der Waals surface area contributed by atoms with Crippen LogP contribution >= 0.6 is 0 Å². The first-order valence-electron chi connectivity index (χ1n) is 5.79. The number of hydrogen-bond acceptors (Lipinski definition) is 4. The third kappa shape index (κ3) is 4.92. The molecule has 4 N–H and O–H groups in total. The zero-order chi connectivity index (χ0) is 15.1. The van der Waals surface area contributed by atoms with Gasteiger partial charge in [-0.25, -0.2) is 9.59 Å². The molecule has 0 unspecified atom stereocenters. The van der Waals surface area contributed by atoms with Crippen LogP contribution in [-0.2, 0) is 16.1 Å². The SMILES string of the molecule is Cc1cccnc1CNC(=O)N[C@H](CC(=O)O)C(=O)O. The molecule has 0 fully saturated rings. The molecule has 0 aliphatic rings. The molecule has 8 heteroatoms. The molecule has 0 aliphatic heterocycles. The minimum atomic E-state index is -1.47. The number of nitrogens with one attached hydrogen (secondary N) is 2. The van der Waals surface area contributed by atoms with E-state index in [1.165, 1.54) is 0 Å². The van der Waals surface area contributed by atoms with Crippen LogP contribution in [0.2, 0.25) is 0 Å². The number of nitrogens with zero attached hydrogens (tertiary/aromatic N) is 1. The van der Waals surface area contributed by atoms with E-state index in [1.54, 1.807) is 12.3 Å². The van der Waals surface area contributed by atoms with Crippen LogP contribution in [0.3, 0.4) is 0 Å². The second kappa shape index (κ2) is 7.07. The van der Waals surface area contributed by atoms with Gasteiger partial charge in [-0.05, 0) is 18.6 Å². The molecule has 8 nitrogen and oxygen atoms in total. The van der Waals surface area contributed by atoms with Crippen molar-refractivity contribution in [3.8, 4) is 0 Å². The summed E-state index contributed by atoms with van der Waals surface area (Å²) in [5.41, 5.74) is 1.53. The van der Waals surface area contributed by atoms with Crippen molar-refractivity contribution >= 4 is 18.0 Å².